The number of carbonyl (C=O) groups is 1. The summed E-state index contributed by atoms with van der Waals surface area (Å²) in [7, 11) is 1.63. The Balaban J connectivity index is 2.28. The first-order chi connectivity index (χ1) is 10.0. The second-order valence-electron chi connectivity index (χ2n) is 5.65. The van der Waals surface area contributed by atoms with Crippen molar-refractivity contribution < 1.29 is 14.6 Å². The summed E-state index contributed by atoms with van der Waals surface area (Å²) >= 11 is 6.32. The van der Waals surface area contributed by atoms with Crippen LogP contribution in [0, 0.1) is 0 Å². The number of ether oxygens (including phenoxy) is 1. The first-order valence-corrected chi connectivity index (χ1v) is 7.75. The van der Waals surface area contributed by atoms with Gasteiger partial charge in [-0.3, -0.25) is 4.79 Å². The minimum Gasteiger partial charge on any atom is -0.495 e. The average molecular weight is 312 g/mol. The molecular weight excluding hydrogens is 290 g/mol. The Labute approximate surface area is 130 Å². The summed E-state index contributed by atoms with van der Waals surface area (Å²) in [5.41, 5.74) is 8.12. The highest BCUT2D eigenvalue weighted by Crippen LogP contribution is 2.43. The molecule has 21 heavy (non-hydrogen) atoms. The van der Waals surface area contributed by atoms with E-state index in [9.17, 15) is 4.79 Å². The van der Waals surface area contributed by atoms with E-state index in [1.165, 1.54) is 12.8 Å². The van der Waals surface area contributed by atoms with Crippen LogP contribution in [0.2, 0.25) is 5.02 Å². The van der Waals surface area contributed by atoms with Crippen LogP contribution in [0.5, 0.6) is 5.75 Å². The topological polar surface area (TPSA) is 72.5 Å². The van der Waals surface area contributed by atoms with Crippen molar-refractivity contribution in [1.29, 1.82) is 0 Å². The van der Waals surface area contributed by atoms with E-state index in [0.717, 1.165) is 29.7 Å². The van der Waals surface area contributed by atoms with Crippen LogP contribution in [0.1, 0.15) is 61.6 Å². The number of methoxy groups -OCH3 is 1. The monoisotopic (exact) mass is 311 g/mol. The lowest BCUT2D eigenvalue weighted by molar-refractivity contribution is -0.137. The summed E-state index contributed by atoms with van der Waals surface area (Å²) < 4.78 is 5.45. The van der Waals surface area contributed by atoms with Gasteiger partial charge in [-0.15, -0.1) is 0 Å². The SMILES string of the molecule is COc1c(Cl)cc(C(N)CCC(=O)O)cc1C1CCCC1. The molecule has 4 nitrogen and oxygen atoms in total. The zero-order chi connectivity index (χ0) is 15.4. The van der Waals surface area contributed by atoms with E-state index in [1.54, 1.807) is 13.2 Å². The van der Waals surface area contributed by atoms with Gasteiger partial charge in [0.15, 0.2) is 0 Å². The summed E-state index contributed by atoms with van der Waals surface area (Å²) in [5, 5.41) is 9.33. The van der Waals surface area contributed by atoms with E-state index in [2.05, 4.69) is 0 Å². The van der Waals surface area contributed by atoms with Crippen LogP contribution in [0.4, 0.5) is 0 Å². The van der Waals surface area contributed by atoms with Crippen LogP contribution in [-0.4, -0.2) is 18.2 Å². The lowest BCUT2D eigenvalue weighted by atomic mass is 9.92. The number of rotatable bonds is 6. The minimum absolute atomic E-state index is 0.0591. The van der Waals surface area contributed by atoms with E-state index in [4.69, 9.17) is 27.2 Å². The number of hydrogen-bond acceptors (Lipinski definition) is 3. The van der Waals surface area contributed by atoms with E-state index < -0.39 is 5.97 Å². The molecule has 1 aromatic rings. The van der Waals surface area contributed by atoms with Crippen molar-refractivity contribution in [2.24, 2.45) is 5.73 Å². The molecule has 0 amide bonds. The van der Waals surface area contributed by atoms with Crippen molar-refractivity contribution in [3.05, 3.63) is 28.3 Å². The van der Waals surface area contributed by atoms with E-state index >= 15 is 0 Å². The van der Waals surface area contributed by atoms with E-state index in [0.29, 0.717) is 17.4 Å². The summed E-state index contributed by atoms with van der Waals surface area (Å²) in [5.74, 6) is 0.364. The van der Waals surface area contributed by atoms with Gasteiger partial charge in [-0.25, -0.2) is 0 Å². The van der Waals surface area contributed by atoms with Gasteiger partial charge in [0, 0.05) is 12.5 Å². The molecule has 0 aromatic heterocycles. The Morgan fingerprint density at radius 1 is 1.48 bits per heavy atom. The molecule has 5 heteroatoms. The summed E-state index contributed by atoms with van der Waals surface area (Å²) in [6.45, 7) is 0. The molecule has 0 saturated heterocycles. The Morgan fingerprint density at radius 3 is 2.71 bits per heavy atom. The molecule has 1 atom stereocenters. The zero-order valence-electron chi connectivity index (χ0n) is 12.3. The number of carboxylic acids is 1. The van der Waals surface area contributed by atoms with Gasteiger partial charge >= 0.3 is 5.97 Å². The molecule has 1 aliphatic carbocycles. The summed E-state index contributed by atoms with van der Waals surface area (Å²) in [6.07, 6.45) is 5.19. The van der Waals surface area contributed by atoms with Crippen molar-refractivity contribution in [1.82, 2.24) is 0 Å². The molecule has 1 saturated carbocycles. The fourth-order valence-electron chi connectivity index (χ4n) is 3.05. The number of nitrogens with two attached hydrogens (primary N) is 1. The van der Waals surface area contributed by atoms with Crippen LogP contribution in [-0.2, 0) is 4.79 Å². The maximum atomic E-state index is 10.7. The molecule has 0 heterocycles. The van der Waals surface area contributed by atoms with Gasteiger partial charge in [0.05, 0.1) is 12.1 Å². The van der Waals surface area contributed by atoms with Crippen LogP contribution in [0.25, 0.3) is 0 Å². The first-order valence-electron chi connectivity index (χ1n) is 7.37. The third-order valence-corrected chi connectivity index (χ3v) is 4.47. The predicted molar refractivity (Wildman–Crippen MR) is 83.0 cm³/mol. The zero-order valence-corrected chi connectivity index (χ0v) is 13.0. The molecule has 1 fully saturated rings. The molecule has 1 unspecified atom stereocenters. The Bertz CT molecular complexity index is 512. The highest BCUT2D eigenvalue weighted by Gasteiger charge is 2.24. The number of aliphatic carboxylic acids is 1. The highest BCUT2D eigenvalue weighted by atomic mass is 35.5. The van der Waals surface area contributed by atoms with Crippen molar-refractivity contribution in [2.45, 2.75) is 50.5 Å². The highest BCUT2D eigenvalue weighted by molar-refractivity contribution is 6.32. The maximum absolute atomic E-state index is 10.7. The molecule has 0 bridgehead atoms. The van der Waals surface area contributed by atoms with Gasteiger partial charge < -0.3 is 15.6 Å². The predicted octanol–water partition coefficient (Wildman–Crippen LogP) is 3.87. The first kappa shape index (κ1) is 16.1. The fourth-order valence-corrected chi connectivity index (χ4v) is 3.36. The molecular formula is C16H22ClNO3. The second kappa shape index (κ2) is 7.14. The van der Waals surface area contributed by atoms with Gasteiger partial charge in [-0.1, -0.05) is 30.5 Å². The third kappa shape index (κ3) is 3.89. The van der Waals surface area contributed by atoms with E-state index in [-0.39, 0.29) is 12.5 Å². The summed E-state index contributed by atoms with van der Waals surface area (Å²) in [6, 6.07) is 3.53. The van der Waals surface area contributed by atoms with Crippen molar-refractivity contribution >= 4 is 17.6 Å². The molecule has 0 aliphatic heterocycles. The standard InChI is InChI=1S/C16H22ClNO3/c1-21-16-12(10-4-2-3-5-10)8-11(9-13(16)17)14(18)6-7-15(19)20/h8-10,14H,2-7,18H2,1H3,(H,19,20). The second-order valence-corrected chi connectivity index (χ2v) is 6.05. The molecule has 0 radical (unpaired) electrons. The quantitative estimate of drug-likeness (QED) is 0.836. The van der Waals surface area contributed by atoms with Crippen LogP contribution < -0.4 is 10.5 Å². The van der Waals surface area contributed by atoms with Gasteiger partial charge in [-0.2, -0.15) is 0 Å². The van der Waals surface area contributed by atoms with Gasteiger partial charge in [-0.05, 0) is 42.4 Å². The third-order valence-electron chi connectivity index (χ3n) is 4.19. The molecule has 0 spiro atoms. The Hall–Kier alpha value is -1.26. The van der Waals surface area contributed by atoms with Gasteiger partial charge in [0.2, 0.25) is 0 Å². The largest absolute Gasteiger partial charge is 0.495 e. The number of benzene rings is 1. The smallest absolute Gasteiger partial charge is 0.303 e. The lowest BCUT2D eigenvalue weighted by Gasteiger charge is -2.20. The molecule has 1 aliphatic rings. The number of carboxylic acid groups (broad SMARTS) is 1. The van der Waals surface area contributed by atoms with E-state index in [1.807, 2.05) is 6.07 Å². The minimum atomic E-state index is -0.832. The Kier molecular flexibility index (Phi) is 5.48. The van der Waals surface area contributed by atoms with Gasteiger partial charge in [0.25, 0.3) is 0 Å². The normalized spacial score (nSPS) is 16.9. The molecule has 116 valence electrons. The summed E-state index contributed by atoms with van der Waals surface area (Å²) in [4.78, 5) is 10.7. The fraction of sp³-hybridized carbons (Fsp3) is 0.562. The van der Waals surface area contributed by atoms with Gasteiger partial charge in [0.1, 0.15) is 5.75 Å². The molecule has 2 rings (SSSR count). The molecule has 3 N–H and O–H groups in total. The van der Waals surface area contributed by atoms with Crippen LogP contribution in [0.15, 0.2) is 12.1 Å². The van der Waals surface area contributed by atoms with Crippen LogP contribution in [0.3, 0.4) is 0 Å². The van der Waals surface area contributed by atoms with Crippen molar-refractivity contribution in [2.75, 3.05) is 7.11 Å². The average Bonchev–Trinajstić information content (AvgIpc) is 2.97. The number of hydrogen-bond donors (Lipinski definition) is 2. The van der Waals surface area contributed by atoms with Crippen LogP contribution >= 0.6 is 11.6 Å². The Morgan fingerprint density at radius 2 is 2.14 bits per heavy atom. The molecule has 1 aromatic carbocycles. The van der Waals surface area contributed by atoms with Crippen molar-refractivity contribution in [3.63, 3.8) is 0 Å². The lowest BCUT2D eigenvalue weighted by Crippen LogP contribution is -2.13. The van der Waals surface area contributed by atoms with Crippen molar-refractivity contribution in [3.8, 4) is 5.75 Å². The number of halogens is 1. The maximum Gasteiger partial charge on any atom is 0.303 e.